The van der Waals surface area contributed by atoms with Gasteiger partial charge in [0, 0.05) is 5.57 Å². The third kappa shape index (κ3) is 4.08. The molecule has 1 rings (SSSR count). The molecule has 1 amide bonds. The minimum Gasteiger partial charge on any atom is -0.478 e. The fourth-order valence-electron chi connectivity index (χ4n) is 1.26. The number of carbonyl (C=O) groups is 2. The molecule has 0 unspecified atom stereocenters. The zero-order valence-corrected chi connectivity index (χ0v) is 9.92. The van der Waals surface area contributed by atoms with E-state index < -0.39 is 47.1 Å². The summed E-state index contributed by atoms with van der Waals surface area (Å²) >= 11 is 0. The second-order valence-corrected chi connectivity index (χ2v) is 3.83. The van der Waals surface area contributed by atoms with Crippen LogP contribution in [0.15, 0.2) is 30.4 Å². The minimum absolute atomic E-state index is 0.238. The highest BCUT2D eigenvalue weighted by Gasteiger charge is 2.31. The minimum atomic E-state index is -4.69. The first kappa shape index (κ1) is 15.7. The Kier molecular flexibility index (Phi) is 4.49. The molecule has 0 aromatic heterocycles. The Hall–Kier alpha value is -2.38. The van der Waals surface area contributed by atoms with Gasteiger partial charge in [-0.3, -0.25) is 4.79 Å². The number of nitrogens with one attached hydrogen (secondary N) is 1. The number of carboxylic acids is 1. The van der Waals surface area contributed by atoms with Crippen LogP contribution in [0, 0.1) is 5.82 Å². The molecule has 8 heteroatoms. The van der Waals surface area contributed by atoms with Crippen LogP contribution in [0.2, 0.25) is 0 Å². The third-order valence-electron chi connectivity index (χ3n) is 2.25. The van der Waals surface area contributed by atoms with Crippen LogP contribution in [0.25, 0.3) is 0 Å². The van der Waals surface area contributed by atoms with Crippen molar-refractivity contribution in [2.75, 3.05) is 5.32 Å². The van der Waals surface area contributed by atoms with Gasteiger partial charge in [-0.15, -0.1) is 0 Å². The highest BCUT2D eigenvalue weighted by atomic mass is 19.4. The van der Waals surface area contributed by atoms with Gasteiger partial charge in [0.15, 0.2) is 0 Å². The van der Waals surface area contributed by atoms with Crippen LogP contribution >= 0.6 is 0 Å². The van der Waals surface area contributed by atoms with Gasteiger partial charge in [0.2, 0.25) is 5.91 Å². The van der Waals surface area contributed by atoms with Gasteiger partial charge >= 0.3 is 12.1 Å². The standard InChI is InChI=1S/C12H9F4NO3/c1-6(11(19)20)4-10(18)17-9-3-2-7(5-8(9)13)12(14,15)16/h2-3,5H,1,4H2,(H,17,18)(H,19,20). The Balaban J connectivity index is 2.82. The van der Waals surface area contributed by atoms with Crippen LogP contribution in [0.5, 0.6) is 0 Å². The van der Waals surface area contributed by atoms with E-state index in [4.69, 9.17) is 5.11 Å². The third-order valence-corrected chi connectivity index (χ3v) is 2.25. The van der Waals surface area contributed by atoms with E-state index in [1.807, 2.05) is 5.32 Å². The van der Waals surface area contributed by atoms with Gasteiger partial charge in [-0.25, -0.2) is 9.18 Å². The predicted molar refractivity (Wildman–Crippen MR) is 61.4 cm³/mol. The lowest BCUT2D eigenvalue weighted by Gasteiger charge is -2.10. The molecule has 0 saturated carbocycles. The Bertz CT molecular complexity index is 566. The highest BCUT2D eigenvalue weighted by Crippen LogP contribution is 2.31. The number of hydrogen-bond donors (Lipinski definition) is 2. The molecule has 2 N–H and O–H groups in total. The summed E-state index contributed by atoms with van der Waals surface area (Å²) in [6, 6.07) is 1.59. The summed E-state index contributed by atoms with van der Waals surface area (Å²) in [5, 5.41) is 10.5. The molecule has 1 aromatic carbocycles. The Morgan fingerprint density at radius 1 is 1.30 bits per heavy atom. The van der Waals surface area contributed by atoms with E-state index in [0.29, 0.717) is 6.07 Å². The van der Waals surface area contributed by atoms with Crippen molar-refractivity contribution in [1.29, 1.82) is 0 Å². The molecule has 1 aromatic rings. The lowest BCUT2D eigenvalue weighted by atomic mass is 10.1. The maximum atomic E-state index is 13.4. The molecule has 0 aliphatic carbocycles. The molecule has 0 heterocycles. The second kappa shape index (κ2) is 5.72. The first-order valence-electron chi connectivity index (χ1n) is 5.19. The van der Waals surface area contributed by atoms with Gasteiger partial charge in [-0.2, -0.15) is 13.2 Å². The van der Waals surface area contributed by atoms with Gasteiger partial charge in [0.05, 0.1) is 17.7 Å². The number of benzene rings is 1. The number of aliphatic carboxylic acids is 1. The van der Waals surface area contributed by atoms with Gasteiger partial charge in [0.25, 0.3) is 0 Å². The lowest BCUT2D eigenvalue weighted by molar-refractivity contribution is -0.137. The van der Waals surface area contributed by atoms with E-state index in [0.717, 1.165) is 6.07 Å². The number of carboxylic acid groups (broad SMARTS) is 1. The van der Waals surface area contributed by atoms with Crippen molar-refractivity contribution in [2.24, 2.45) is 0 Å². The Labute approximate surface area is 110 Å². The predicted octanol–water partition coefficient (Wildman–Crippen LogP) is 2.81. The molecule has 0 aliphatic heterocycles. The normalized spacial score (nSPS) is 11.0. The van der Waals surface area contributed by atoms with Crippen molar-refractivity contribution >= 4 is 17.6 Å². The SMILES string of the molecule is C=C(CC(=O)Nc1ccc(C(F)(F)F)cc1F)C(=O)O. The Morgan fingerprint density at radius 3 is 2.35 bits per heavy atom. The molecule has 0 fully saturated rings. The smallest absolute Gasteiger partial charge is 0.416 e. The van der Waals surface area contributed by atoms with Gasteiger partial charge in [-0.05, 0) is 18.2 Å². The lowest BCUT2D eigenvalue weighted by Crippen LogP contribution is -2.16. The highest BCUT2D eigenvalue weighted by molar-refractivity contribution is 5.99. The molecule has 108 valence electrons. The average Bonchev–Trinajstić information content (AvgIpc) is 2.30. The molecule has 0 bridgehead atoms. The average molecular weight is 291 g/mol. The number of carbonyl (C=O) groups excluding carboxylic acids is 1. The molecule has 0 aliphatic rings. The van der Waals surface area contributed by atoms with E-state index in [1.54, 1.807) is 0 Å². The molecule has 0 atom stereocenters. The van der Waals surface area contributed by atoms with Crippen molar-refractivity contribution in [3.8, 4) is 0 Å². The quantitative estimate of drug-likeness (QED) is 0.662. The number of anilines is 1. The molecular formula is C12H9F4NO3. The summed E-state index contributed by atoms with van der Waals surface area (Å²) < 4.78 is 50.3. The van der Waals surface area contributed by atoms with Crippen molar-refractivity contribution in [3.63, 3.8) is 0 Å². The number of rotatable bonds is 4. The number of halogens is 4. The summed E-state index contributed by atoms with van der Waals surface area (Å²) in [5.74, 6) is -3.56. The molecule has 0 saturated heterocycles. The second-order valence-electron chi connectivity index (χ2n) is 3.83. The van der Waals surface area contributed by atoms with Crippen LogP contribution in [0.4, 0.5) is 23.2 Å². The van der Waals surface area contributed by atoms with Crippen molar-refractivity contribution < 1.29 is 32.3 Å². The topological polar surface area (TPSA) is 66.4 Å². The van der Waals surface area contributed by atoms with E-state index in [2.05, 4.69) is 6.58 Å². The Morgan fingerprint density at radius 2 is 1.90 bits per heavy atom. The summed E-state index contributed by atoms with van der Waals surface area (Å²) in [4.78, 5) is 21.8. The van der Waals surface area contributed by atoms with Crippen LogP contribution in [0.1, 0.15) is 12.0 Å². The van der Waals surface area contributed by atoms with Gasteiger partial charge in [-0.1, -0.05) is 6.58 Å². The molecule has 4 nitrogen and oxygen atoms in total. The summed E-state index contributed by atoms with van der Waals surface area (Å²) in [6.07, 6.45) is -5.29. The summed E-state index contributed by atoms with van der Waals surface area (Å²) in [7, 11) is 0. The van der Waals surface area contributed by atoms with Gasteiger partial charge in [0.1, 0.15) is 5.82 Å². The molecule has 20 heavy (non-hydrogen) atoms. The van der Waals surface area contributed by atoms with Crippen molar-refractivity contribution in [2.45, 2.75) is 12.6 Å². The summed E-state index contributed by atoms with van der Waals surface area (Å²) in [6.45, 7) is 3.10. The van der Waals surface area contributed by atoms with Crippen LogP contribution in [-0.4, -0.2) is 17.0 Å². The largest absolute Gasteiger partial charge is 0.478 e. The fraction of sp³-hybridized carbons (Fsp3) is 0.167. The molecular weight excluding hydrogens is 282 g/mol. The van der Waals surface area contributed by atoms with Crippen molar-refractivity contribution in [3.05, 3.63) is 41.7 Å². The van der Waals surface area contributed by atoms with E-state index in [-0.39, 0.29) is 6.07 Å². The maximum absolute atomic E-state index is 13.4. The summed E-state index contributed by atoms with van der Waals surface area (Å²) in [5.41, 5.74) is -2.08. The molecule has 0 spiro atoms. The number of amides is 1. The first-order valence-corrected chi connectivity index (χ1v) is 5.19. The number of hydrogen-bond acceptors (Lipinski definition) is 2. The fourth-order valence-corrected chi connectivity index (χ4v) is 1.26. The zero-order chi connectivity index (χ0) is 15.5. The zero-order valence-electron chi connectivity index (χ0n) is 9.92. The van der Waals surface area contributed by atoms with Crippen LogP contribution in [0.3, 0.4) is 0 Å². The first-order chi connectivity index (χ1) is 9.11. The van der Waals surface area contributed by atoms with E-state index in [9.17, 15) is 27.2 Å². The number of alkyl halides is 3. The van der Waals surface area contributed by atoms with Crippen molar-refractivity contribution in [1.82, 2.24) is 0 Å². The van der Waals surface area contributed by atoms with E-state index >= 15 is 0 Å². The molecule has 0 radical (unpaired) electrons. The van der Waals surface area contributed by atoms with E-state index in [1.165, 1.54) is 0 Å². The maximum Gasteiger partial charge on any atom is 0.416 e. The monoisotopic (exact) mass is 291 g/mol. The van der Waals surface area contributed by atoms with Gasteiger partial charge < -0.3 is 10.4 Å². The van der Waals surface area contributed by atoms with Crippen LogP contribution < -0.4 is 5.32 Å². The van der Waals surface area contributed by atoms with Crippen LogP contribution in [-0.2, 0) is 15.8 Å².